The first-order chi connectivity index (χ1) is 12.1. The molecule has 1 aliphatic rings. The molecule has 1 aliphatic carbocycles. The fraction of sp³-hybridized carbons (Fsp3) is 0.429. The Morgan fingerprint density at radius 2 is 1.96 bits per heavy atom. The van der Waals surface area contributed by atoms with E-state index in [1.165, 1.54) is 19.3 Å². The first-order valence-corrected chi connectivity index (χ1v) is 9.12. The highest BCUT2D eigenvalue weighted by Gasteiger charge is 2.18. The number of rotatable bonds is 4. The summed E-state index contributed by atoms with van der Waals surface area (Å²) in [5, 5.41) is 0. The molecule has 1 saturated carbocycles. The molecule has 1 atom stereocenters. The van der Waals surface area contributed by atoms with Crippen LogP contribution in [0.25, 0.3) is 0 Å². The van der Waals surface area contributed by atoms with E-state index in [0.29, 0.717) is 11.8 Å². The molecule has 0 amide bonds. The molecule has 3 rings (SSSR count). The van der Waals surface area contributed by atoms with Gasteiger partial charge in [0, 0.05) is 6.20 Å². The maximum atomic E-state index is 12.9. The minimum absolute atomic E-state index is 0.100. The zero-order valence-corrected chi connectivity index (χ0v) is 15.0. The summed E-state index contributed by atoms with van der Waals surface area (Å²) >= 11 is 0. The summed E-state index contributed by atoms with van der Waals surface area (Å²) < 4.78 is 7.46. The fourth-order valence-corrected chi connectivity index (χ4v) is 3.26. The number of carbonyl (C=O) groups excluding carboxylic acids is 1. The molecule has 4 heteroatoms. The van der Waals surface area contributed by atoms with Crippen LogP contribution in [0.15, 0.2) is 53.7 Å². The highest BCUT2D eigenvalue weighted by atomic mass is 16.5. The van der Waals surface area contributed by atoms with Gasteiger partial charge in [0.05, 0.1) is 6.04 Å². The maximum Gasteiger partial charge on any atom is 0.272 e. The molecule has 2 aromatic rings. The summed E-state index contributed by atoms with van der Waals surface area (Å²) in [5.74, 6) is 0.611. The highest BCUT2D eigenvalue weighted by Crippen LogP contribution is 2.19. The van der Waals surface area contributed by atoms with Crippen LogP contribution >= 0.6 is 0 Å². The van der Waals surface area contributed by atoms with Crippen LogP contribution in [0.2, 0.25) is 0 Å². The molecule has 1 aromatic carbocycles. The third-order valence-electron chi connectivity index (χ3n) is 4.62. The van der Waals surface area contributed by atoms with Gasteiger partial charge in [-0.15, -0.1) is 0 Å². The second-order valence-corrected chi connectivity index (χ2v) is 6.76. The van der Waals surface area contributed by atoms with E-state index >= 15 is 0 Å². The van der Waals surface area contributed by atoms with Gasteiger partial charge in [-0.05, 0) is 56.5 Å². The second-order valence-electron chi connectivity index (χ2n) is 6.76. The number of aryl methyl sites for hydroxylation is 1. The standard InChI is InChI=1S/C21H26N2O2/c1-16-9-8-12-19(15-16)25-17(2)21(24)23-14-7-6-13-20(23)22-18-10-4-3-5-11-18/h6-9,12-15,17-18H,3-5,10-11H2,1-2H3. The van der Waals surface area contributed by atoms with Crippen LogP contribution in [0.3, 0.4) is 0 Å². The molecule has 4 nitrogen and oxygen atoms in total. The number of ether oxygens (including phenoxy) is 1. The Balaban J connectivity index is 1.80. The molecule has 1 aromatic heterocycles. The van der Waals surface area contributed by atoms with Gasteiger partial charge in [0.25, 0.3) is 5.91 Å². The Labute approximate surface area is 149 Å². The number of carbonyl (C=O) groups is 1. The molecule has 0 N–H and O–H groups in total. The van der Waals surface area contributed by atoms with Crippen molar-refractivity contribution in [2.45, 2.75) is 58.1 Å². The van der Waals surface area contributed by atoms with Crippen LogP contribution in [0, 0.1) is 6.92 Å². The highest BCUT2D eigenvalue weighted by molar-refractivity contribution is 5.83. The van der Waals surface area contributed by atoms with Gasteiger partial charge in [-0.2, -0.15) is 0 Å². The van der Waals surface area contributed by atoms with Crippen LogP contribution < -0.4 is 10.2 Å². The summed E-state index contributed by atoms with van der Waals surface area (Å²) in [7, 11) is 0. The molecular weight excluding hydrogens is 312 g/mol. The Bertz CT molecular complexity index is 788. The molecule has 0 aliphatic heterocycles. The van der Waals surface area contributed by atoms with E-state index in [4.69, 9.17) is 9.73 Å². The largest absolute Gasteiger partial charge is 0.481 e. The fourth-order valence-electron chi connectivity index (χ4n) is 3.26. The van der Waals surface area contributed by atoms with Crippen molar-refractivity contribution < 1.29 is 9.53 Å². The first-order valence-electron chi connectivity index (χ1n) is 9.12. The van der Waals surface area contributed by atoms with Crippen LogP contribution in [0.4, 0.5) is 0 Å². The van der Waals surface area contributed by atoms with Gasteiger partial charge in [0.2, 0.25) is 0 Å². The maximum absolute atomic E-state index is 12.9. The smallest absolute Gasteiger partial charge is 0.272 e. The van der Waals surface area contributed by atoms with Gasteiger partial charge in [-0.25, -0.2) is 0 Å². The topological polar surface area (TPSA) is 43.6 Å². The quantitative estimate of drug-likeness (QED) is 0.841. The van der Waals surface area contributed by atoms with E-state index in [9.17, 15) is 4.79 Å². The van der Waals surface area contributed by atoms with Gasteiger partial charge < -0.3 is 4.74 Å². The second kappa shape index (κ2) is 8.15. The van der Waals surface area contributed by atoms with Gasteiger partial charge in [-0.1, -0.05) is 37.5 Å². The molecule has 1 unspecified atom stereocenters. The van der Waals surface area contributed by atoms with E-state index in [0.717, 1.165) is 23.9 Å². The molecule has 0 bridgehead atoms. The third kappa shape index (κ3) is 4.59. The minimum atomic E-state index is -0.575. The Morgan fingerprint density at radius 1 is 1.16 bits per heavy atom. The van der Waals surface area contributed by atoms with Gasteiger partial charge in [0.1, 0.15) is 11.2 Å². The lowest BCUT2D eigenvalue weighted by atomic mass is 9.96. The third-order valence-corrected chi connectivity index (χ3v) is 4.62. The predicted molar refractivity (Wildman–Crippen MR) is 98.8 cm³/mol. The Kier molecular flexibility index (Phi) is 5.69. The van der Waals surface area contributed by atoms with Gasteiger partial charge in [0.15, 0.2) is 6.10 Å². The summed E-state index contributed by atoms with van der Waals surface area (Å²) in [5.41, 5.74) is 1.83. The molecule has 132 valence electrons. The number of nitrogens with zero attached hydrogens (tertiary/aromatic N) is 2. The van der Waals surface area contributed by atoms with Crippen molar-refractivity contribution in [1.29, 1.82) is 0 Å². The zero-order chi connectivity index (χ0) is 17.6. The van der Waals surface area contributed by atoms with E-state index in [1.54, 1.807) is 17.7 Å². The predicted octanol–water partition coefficient (Wildman–Crippen LogP) is 4.14. The van der Waals surface area contributed by atoms with Crippen LogP contribution in [-0.2, 0) is 0 Å². The molecule has 25 heavy (non-hydrogen) atoms. The zero-order valence-electron chi connectivity index (χ0n) is 15.0. The van der Waals surface area contributed by atoms with Crippen molar-refractivity contribution in [3.63, 3.8) is 0 Å². The summed E-state index contributed by atoms with van der Waals surface area (Å²) in [4.78, 5) is 17.7. The lowest BCUT2D eigenvalue weighted by Crippen LogP contribution is -2.37. The monoisotopic (exact) mass is 338 g/mol. The van der Waals surface area contributed by atoms with Gasteiger partial charge in [-0.3, -0.25) is 14.4 Å². The van der Waals surface area contributed by atoms with E-state index in [-0.39, 0.29) is 5.91 Å². The SMILES string of the molecule is Cc1cccc(OC(C)C(=O)n2ccccc2=NC2CCCCC2)c1. The lowest BCUT2D eigenvalue weighted by Gasteiger charge is -2.19. The number of hydrogen-bond acceptors (Lipinski definition) is 3. The molecule has 1 heterocycles. The number of benzene rings is 1. The van der Waals surface area contributed by atoms with Crippen LogP contribution in [-0.4, -0.2) is 22.6 Å². The van der Waals surface area contributed by atoms with Crippen LogP contribution in [0.5, 0.6) is 5.75 Å². The normalized spacial score (nSPS) is 17.3. The van der Waals surface area contributed by atoms with Crippen molar-refractivity contribution in [2.24, 2.45) is 4.99 Å². The van der Waals surface area contributed by atoms with Gasteiger partial charge >= 0.3 is 0 Å². The molecule has 1 fully saturated rings. The summed E-state index contributed by atoms with van der Waals surface area (Å²) in [6.07, 6.45) is 7.16. The average Bonchev–Trinajstić information content (AvgIpc) is 2.62. The van der Waals surface area contributed by atoms with E-state index < -0.39 is 6.10 Å². The lowest BCUT2D eigenvalue weighted by molar-refractivity contribution is 0.0721. The summed E-state index contributed by atoms with van der Waals surface area (Å²) in [6.45, 7) is 3.79. The first kappa shape index (κ1) is 17.5. The minimum Gasteiger partial charge on any atom is -0.481 e. The summed E-state index contributed by atoms with van der Waals surface area (Å²) in [6, 6.07) is 13.8. The number of hydrogen-bond donors (Lipinski definition) is 0. The molecular formula is C21H26N2O2. The number of aromatic nitrogens is 1. The number of pyridine rings is 1. The van der Waals surface area contributed by atoms with E-state index in [1.807, 2.05) is 49.4 Å². The van der Waals surface area contributed by atoms with E-state index in [2.05, 4.69) is 0 Å². The van der Waals surface area contributed by atoms with Crippen LogP contribution in [0.1, 0.15) is 49.4 Å². The Morgan fingerprint density at radius 3 is 2.72 bits per heavy atom. The molecule has 0 saturated heterocycles. The molecule has 0 radical (unpaired) electrons. The average molecular weight is 338 g/mol. The van der Waals surface area contributed by atoms with Crippen molar-refractivity contribution in [1.82, 2.24) is 4.57 Å². The van der Waals surface area contributed by atoms with Crippen molar-refractivity contribution in [3.8, 4) is 5.75 Å². The van der Waals surface area contributed by atoms with Crippen molar-refractivity contribution in [3.05, 3.63) is 59.7 Å². The Hall–Kier alpha value is -2.36. The molecule has 0 spiro atoms. The van der Waals surface area contributed by atoms with Crippen molar-refractivity contribution >= 4 is 5.91 Å². The van der Waals surface area contributed by atoms with Crippen molar-refractivity contribution in [2.75, 3.05) is 0 Å².